The third-order valence-corrected chi connectivity index (χ3v) is 4.42. The number of aromatic amines is 1. The number of hydrogen-bond donors (Lipinski definition) is 2. The molecule has 0 aliphatic carbocycles. The van der Waals surface area contributed by atoms with Gasteiger partial charge in [-0.1, -0.05) is 0 Å². The number of aromatic nitrogens is 1. The van der Waals surface area contributed by atoms with Crippen molar-refractivity contribution in [3.05, 3.63) is 22.5 Å². The second kappa shape index (κ2) is 6.02. The quantitative estimate of drug-likeness (QED) is 0.838. The minimum absolute atomic E-state index is 0.0114. The topological polar surface area (TPSA) is 79.2 Å². The standard InChI is InChI=1S/C16H25N3O2/c1-9-14(12(4)20)11(3)18-15(9)16(21)19-8-6-5-7-13(19)10(2)17/h10,13,18H,5-8,17H2,1-4H3. The number of likely N-dealkylation sites (tertiary alicyclic amines) is 1. The zero-order valence-electron chi connectivity index (χ0n) is 13.3. The number of nitrogens with zero attached hydrogens (tertiary/aromatic N) is 1. The van der Waals surface area contributed by atoms with E-state index in [1.165, 1.54) is 6.92 Å². The molecular weight excluding hydrogens is 266 g/mol. The number of piperidine rings is 1. The summed E-state index contributed by atoms with van der Waals surface area (Å²) in [6.45, 7) is 7.88. The first kappa shape index (κ1) is 15.8. The summed E-state index contributed by atoms with van der Waals surface area (Å²) in [5.41, 5.74) is 8.71. The van der Waals surface area contributed by atoms with E-state index >= 15 is 0 Å². The lowest BCUT2D eigenvalue weighted by atomic mass is 9.96. The first-order valence-electron chi connectivity index (χ1n) is 7.61. The van der Waals surface area contributed by atoms with Crippen molar-refractivity contribution in [1.29, 1.82) is 0 Å². The van der Waals surface area contributed by atoms with E-state index in [1.807, 2.05) is 25.7 Å². The zero-order valence-corrected chi connectivity index (χ0v) is 13.3. The summed E-state index contributed by atoms with van der Waals surface area (Å²) < 4.78 is 0. The van der Waals surface area contributed by atoms with Gasteiger partial charge in [0.1, 0.15) is 5.69 Å². The Kier molecular flexibility index (Phi) is 4.52. The van der Waals surface area contributed by atoms with E-state index in [4.69, 9.17) is 5.73 Å². The van der Waals surface area contributed by atoms with Gasteiger partial charge in [-0.05, 0) is 52.5 Å². The van der Waals surface area contributed by atoms with Crippen molar-refractivity contribution in [3.63, 3.8) is 0 Å². The highest BCUT2D eigenvalue weighted by atomic mass is 16.2. The van der Waals surface area contributed by atoms with Crippen molar-refractivity contribution in [2.75, 3.05) is 6.54 Å². The van der Waals surface area contributed by atoms with Gasteiger partial charge in [-0.25, -0.2) is 0 Å². The van der Waals surface area contributed by atoms with Gasteiger partial charge in [-0.15, -0.1) is 0 Å². The van der Waals surface area contributed by atoms with E-state index in [0.29, 0.717) is 11.3 Å². The minimum Gasteiger partial charge on any atom is -0.354 e. The maximum absolute atomic E-state index is 12.9. The van der Waals surface area contributed by atoms with Crippen LogP contribution >= 0.6 is 0 Å². The molecule has 2 heterocycles. The number of ketones is 1. The first-order chi connectivity index (χ1) is 9.84. The summed E-state index contributed by atoms with van der Waals surface area (Å²) in [6.07, 6.45) is 3.06. The molecule has 3 N–H and O–H groups in total. The molecule has 5 heteroatoms. The summed E-state index contributed by atoms with van der Waals surface area (Å²) in [4.78, 5) is 29.5. The third-order valence-electron chi connectivity index (χ3n) is 4.42. The van der Waals surface area contributed by atoms with Gasteiger partial charge in [0.25, 0.3) is 5.91 Å². The predicted molar refractivity (Wildman–Crippen MR) is 82.6 cm³/mol. The largest absolute Gasteiger partial charge is 0.354 e. The van der Waals surface area contributed by atoms with Gasteiger partial charge >= 0.3 is 0 Å². The number of amides is 1. The van der Waals surface area contributed by atoms with Crippen molar-refractivity contribution in [2.45, 2.75) is 59.0 Å². The first-order valence-corrected chi connectivity index (χ1v) is 7.61. The van der Waals surface area contributed by atoms with Crippen molar-refractivity contribution >= 4 is 11.7 Å². The van der Waals surface area contributed by atoms with Crippen LogP contribution in [0, 0.1) is 13.8 Å². The Balaban J connectivity index is 2.35. The number of carbonyl (C=O) groups is 2. The number of hydrogen-bond acceptors (Lipinski definition) is 3. The van der Waals surface area contributed by atoms with E-state index in [1.54, 1.807) is 0 Å². The molecule has 2 rings (SSSR count). The van der Waals surface area contributed by atoms with Crippen LogP contribution in [0.1, 0.15) is 65.2 Å². The minimum atomic E-state index is -0.0436. The second-order valence-corrected chi connectivity index (χ2v) is 6.10. The van der Waals surface area contributed by atoms with Crippen molar-refractivity contribution in [2.24, 2.45) is 5.73 Å². The Morgan fingerprint density at radius 2 is 2.00 bits per heavy atom. The number of H-pyrrole nitrogens is 1. The molecule has 1 aliphatic rings. The Hall–Kier alpha value is -1.62. The van der Waals surface area contributed by atoms with Crippen LogP contribution in [0.3, 0.4) is 0 Å². The predicted octanol–water partition coefficient (Wildman–Crippen LogP) is 2.18. The van der Waals surface area contributed by atoms with E-state index in [2.05, 4.69) is 4.98 Å². The summed E-state index contributed by atoms with van der Waals surface area (Å²) in [5, 5.41) is 0. The molecular formula is C16H25N3O2. The molecule has 5 nitrogen and oxygen atoms in total. The lowest BCUT2D eigenvalue weighted by molar-refractivity contribution is 0.0577. The SMILES string of the molecule is CC(=O)c1c(C)[nH]c(C(=O)N2CCCCC2C(C)N)c1C. The van der Waals surface area contributed by atoms with E-state index in [-0.39, 0.29) is 23.8 Å². The van der Waals surface area contributed by atoms with Crippen LogP contribution in [-0.2, 0) is 0 Å². The van der Waals surface area contributed by atoms with Crippen molar-refractivity contribution < 1.29 is 9.59 Å². The normalized spacial score (nSPS) is 20.4. The average molecular weight is 291 g/mol. The summed E-state index contributed by atoms with van der Waals surface area (Å²) in [7, 11) is 0. The number of rotatable bonds is 3. The Labute approximate surface area is 125 Å². The van der Waals surface area contributed by atoms with Crippen LogP contribution in [0.5, 0.6) is 0 Å². The van der Waals surface area contributed by atoms with Crippen LogP contribution in [0.4, 0.5) is 0 Å². The zero-order chi connectivity index (χ0) is 15.7. The molecule has 1 amide bonds. The Bertz CT molecular complexity index is 560. The molecule has 1 saturated heterocycles. The molecule has 116 valence electrons. The number of carbonyl (C=O) groups excluding carboxylic acids is 2. The number of aryl methyl sites for hydroxylation is 1. The fourth-order valence-corrected chi connectivity index (χ4v) is 3.39. The van der Waals surface area contributed by atoms with Crippen LogP contribution in [0.25, 0.3) is 0 Å². The number of Topliss-reactive ketones (excluding diaryl/α,β-unsaturated/α-hetero) is 1. The molecule has 0 spiro atoms. The summed E-state index contributed by atoms with van der Waals surface area (Å²) >= 11 is 0. The molecule has 1 aliphatic heterocycles. The van der Waals surface area contributed by atoms with Crippen LogP contribution in [0.15, 0.2) is 0 Å². The second-order valence-electron chi connectivity index (χ2n) is 6.10. The molecule has 1 fully saturated rings. The molecule has 2 atom stereocenters. The highest BCUT2D eigenvalue weighted by molar-refractivity contribution is 6.02. The molecule has 2 unspecified atom stereocenters. The molecule has 0 saturated carbocycles. The van der Waals surface area contributed by atoms with Crippen LogP contribution < -0.4 is 5.73 Å². The fourth-order valence-electron chi connectivity index (χ4n) is 3.39. The van der Waals surface area contributed by atoms with Gasteiger partial charge in [0, 0.05) is 29.9 Å². The van der Waals surface area contributed by atoms with Crippen molar-refractivity contribution in [3.8, 4) is 0 Å². The summed E-state index contributed by atoms with van der Waals surface area (Å²) in [5.74, 6) is -0.0483. The van der Waals surface area contributed by atoms with Crippen molar-refractivity contribution in [1.82, 2.24) is 9.88 Å². The monoisotopic (exact) mass is 291 g/mol. The fraction of sp³-hybridized carbons (Fsp3) is 0.625. The summed E-state index contributed by atoms with van der Waals surface area (Å²) in [6, 6.07) is 0.0351. The van der Waals surface area contributed by atoms with Crippen LogP contribution in [-0.4, -0.2) is 40.2 Å². The van der Waals surface area contributed by atoms with Gasteiger partial charge in [-0.2, -0.15) is 0 Å². The van der Waals surface area contributed by atoms with Gasteiger partial charge in [0.05, 0.1) is 0 Å². The van der Waals surface area contributed by atoms with Gasteiger partial charge in [-0.3, -0.25) is 9.59 Å². The van der Waals surface area contributed by atoms with E-state index < -0.39 is 0 Å². The molecule has 0 radical (unpaired) electrons. The highest BCUT2D eigenvalue weighted by Gasteiger charge is 2.32. The molecule has 1 aromatic rings. The highest BCUT2D eigenvalue weighted by Crippen LogP contribution is 2.25. The maximum atomic E-state index is 12.9. The Morgan fingerprint density at radius 1 is 1.33 bits per heavy atom. The Morgan fingerprint density at radius 3 is 2.52 bits per heavy atom. The van der Waals surface area contributed by atoms with Gasteiger partial charge < -0.3 is 15.6 Å². The molecule has 21 heavy (non-hydrogen) atoms. The smallest absolute Gasteiger partial charge is 0.270 e. The lowest BCUT2D eigenvalue weighted by Crippen LogP contribution is -2.51. The lowest BCUT2D eigenvalue weighted by Gasteiger charge is -2.38. The van der Waals surface area contributed by atoms with Gasteiger partial charge in [0.2, 0.25) is 0 Å². The number of nitrogens with one attached hydrogen (secondary N) is 1. The third kappa shape index (κ3) is 2.88. The van der Waals surface area contributed by atoms with E-state index in [9.17, 15) is 9.59 Å². The average Bonchev–Trinajstić information content (AvgIpc) is 2.73. The van der Waals surface area contributed by atoms with E-state index in [0.717, 1.165) is 37.1 Å². The molecule has 0 aromatic carbocycles. The number of nitrogens with two attached hydrogens (primary N) is 1. The van der Waals surface area contributed by atoms with Gasteiger partial charge in [0.15, 0.2) is 5.78 Å². The molecule has 1 aromatic heterocycles. The molecule has 0 bridgehead atoms. The van der Waals surface area contributed by atoms with Crippen LogP contribution in [0.2, 0.25) is 0 Å². The maximum Gasteiger partial charge on any atom is 0.270 e.